The highest BCUT2D eigenvalue weighted by molar-refractivity contribution is 5.97. The quantitative estimate of drug-likeness (QED) is 0.808. The van der Waals surface area contributed by atoms with Gasteiger partial charge in [0.05, 0.1) is 5.92 Å². The van der Waals surface area contributed by atoms with Gasteiger partial charge in [-0.3, -0.25) is 9.59 Å². The molecule has 0 aromatic heterocycles. The first kappa shape index (κ1) is 18.0. The number of carbonyl (C=O) groups is 3. The van der Waals surface area contributed by atoms with Gasteiger partial charge in [0.15, 0.2) is 0 Å². The van der Waals surface area contributed by atoms with E-state index in [1.165, 1.54) is 11.9 Å². The van der Waals surface area contributed by atoms with Gasteiger partial charge >= 0.3 is 0 Å². The Morgan fingerprint density at radius 3 is 2.50 bits per heavy atom. The van der Waals surface area contributed by atoms with Gasteiger partial charge in [-0.05, 0) is 25.0 Å². The third kappa shape index (κ3) is 3.44. The average molecular weight is 338 g/mol. The maximum atomic E-state index is 14.5. The number of nitrogens with one attached hydrogen (secondary N) is 1. The van der Waals surface area contributed by atoms with Crippen molar-refractivity contribution < 1.29 is 23.2 Å². The molecule has 0 saturated carbocycles. The van der Waals surface area contributed by atoms with E-state index in [9.17, 15) is 23.2 Å². The lowest BCUT2D eigenvalue weighted by atomic mass is 9.92. The van der Waals surface area contributed by atoms with Crippen molar-refractivity contribution in [2.75, 3.05) is 18.5 Å². The topological polar surface area (TPSA) is 66.5 Å². The van der Waals surface area contributed by atoms with Crippen molar-refractivity contribution >= 4 is 23.8 Å². The largest absolute Gasteiger partial charge is 0.359 e. The second-order valence-electron chi connectivity index (χ2n) is 5.91. The van der Waals surface area contributed by atoms with Crippen LogP contribution in [0.25, 0.3) is 0 Å². The van der Waals surface area contributed by atoms with Crippen LogP contribution in [-0.2, 0) is 14.4 Å². The summed E-state index contributed by atoms with van der Waals surface area (Å²) in [4.78, 5) is 35.9. The summed E-state index contributed by atoms with van der Waals surface area (Å²) in [7, 11) is 1.37. The molecule has 130 valence electrons. The van der Waals surface area contributed by atoms with Gasteiger partial charge in [0, 0.05) is 37.2 Å². The van der Waals surface area contributed by atoms with Gasteiger partial charge < -0.3 is 15.0 Å². The fourth-order valence-corrected chi connectivity index (χ4v) is 2.95. The number of halogens is 2. The first-order chi connectivity index (χ1) is 11.4. The van der Waals surface area contributed by atoms with Gasteiger partial charge in [0.1, 0.15) is 17.9 Å². The summed E-state index contributed by atoms with van der Waals surface area (Å²) in [5, 5.41) is 2.36. The predicted molar refractivity (Wildman–Crippen MR) is 84.6 cm³/mol. The lowest BCUT2D eigenvalue weighted by molar-refractivity contribution is -0.122. The smallest absolute Gasteiger partial charge is 0.229 e. The van der Waals surface area contributed by atoms with Crippen LogP contribution in [0.1, 0.15) is 37.7 Å². The van der Waals surface area contributed by atoms with Crippen LogP contribution in [-0.4, -0.2) is 31.7 Å². The summed E-state index contributed by atoms with van der Waals surface area (Å²) < 4.78 is 29.0. The Morgan fingerprint density at radius 1 is 1.42 bits per heavy atom. The lowest BCUT2D eigenvalue weighted by Crippen LogP contribution is -2.29. The third-order valence-electron chi connectivity index (χ3n) is 4.33. The number of carbonyl (C=O) groups excluding carboxylic acids is 3. The standard InChI is InChI=1S/C17H20F2N2O3/c1-10-5-6-21(17(10)24)11-8-13(18)15(14(19)9-11)12(4-3-7-22)16(23)20-2/h7-10,12H,3-6H2,1-2H3,(H,20,23). The summed E-state index contributed by atoms with van der Waals surface area (Å²) in [6.07, 6.45) is 1.26. The molecule has 2 atom stereocenters. The van der Waals surface area contributed by atoms with Crippen LogP contribution in [0, 0.1) is 17.6 Å². The van der Waals surface area contributed by atoms with Crippen molar-refractivity contribution in [3.8, 4) is 0 Å². The summed E-state index contributed by atoms with van der Waals surface area (Å²) in [6.45, 7) is 2.17. The van der Waals surface area contributed by atoms with Gasteiger partial charge in [-0.15, -0.1) is 0 Å². The van der Waals surface area contributed by atoms with E-state index >= 15 is 0 Å². The molecule has 0 radical (unpaired) electrons. The maximum absolute atomic E-state index is 14.5. The number of nitrogens with zero attached hydrogens (tertiary/aromatic N) is 1. The minimum absolute atomic E-state index is 0.00996. The molecule has 24 heavy (non-hydrogen) atoms. The van der Waals surface area contributed by atoms with Crippen LogP contribution in [0.4, 0.5) is 14.5 Å². The highest BCUT2D eigenvalue weighted by Gasteiger charge is 2.32. The molecule has 1 saturated heterocycles. The number of amides is 2. The summed E-state index contributed by atoms with van der Waals surface area (Å²) >= 11 is 0. The molecular formula is C17H20F2N2O3. The maximum Gasteiger partial charge on any atom is 0.229 e. The number of likely N-dealkylation sites (N-methyl/N-ethyl adjacent to an activating group) is 1. The van der Waals surface area contributed by atoms with E-state index in [-0.39, 0.29) is 35.9 Å². The molecule has 1 heterocycles. The molecule has 0 spiro atoms. The number of anilines is 1. The zero-order valence-electron chi connectivity index (χ0n) is 13.6. The highest BCUT2D eigenvalue weighted by atomic mass is 19.1. The minimum atomic E-state index is -1.09. The molecule has 0 bridgehead atoms. The monoisotopic (exact) mass is 338 g/mol. The number of hydrogen-bond acceptors (Lipinski definition) is 3. The van der Waals surface area contributed by atoms with Crippen molar-refractivity contribution in [2.45, 2.75) is 32.1 Å². The Labute approximate surface area is 139 Å². The molecule has 1 fully saturated rings. The Balaban J connectivity index is 2.39. The molecule has 1 aliphatic rings. The van der Waals surface area contributed by atoms with Crippen molar-refractivity contribution in [3.05, 3.63) is 29.3 Å². The average Bonchev–Trinajstić information content (AvgIpc) is 2.88. The van der Waals surface area contributed by atoms with E-state index < -0.39 is 23.5 Å². The van der Waals surface area contributed by atoms with Gasteiger partial charge in [0.25, 0.3) is 0 Å². The number of rotatable bonds is 6. The van der Waals surface area contributed by atoms with Crippen LogP contribution in [0.15, 0.2) is 12.1 Å². The van der Waals surface area contributed by atoms with Gasteiger partial charge in [-0.25, -0.2) is 8.78 Å². The fraction of sp³-hybridized carbons (Fsp3) is 0.471. The number of aldehydes is 1. The van der Waals surface area contributed by atoms with Crippen LogP contribution in [0.2, 0.25) is 0 Å². The van der Waals surface area contributed by atoms with E-state index in [1.807, 2.05) is 0 Å². The Hall–Kier alpha value is -2.31. The van der Waals surface area contributed by atoms with Crippen molar-refractivity contribution in [3.63, 3.8) is 0 Å². The molecule has 1 aromatic rings. The molecule has 2 unspecified atom stereocenters. The van der Waals surface area contributed by atoms with Gasteiger partial charge in [-0.1, -0.05) is 6.92 Å². The van der Waals surface area contributed by atoms with E-state index in [2.05, 4.69) is 5.32 Å². The second kappa shape index (κ2) is 7.51. The first-order valence-electron chi connectivity index (χ1n) is 7.86. The Bertz CT molecular complexity index is 640. The molecule has 5 nitrogen and oxygen atoms in total. The van der Waals surface area contributed by atoms with E-state index in [1.54, 1.807) is 6.92 Å². The predicted octanol–water partition coefficient (Wildman–Crippen LogP) is 2.15. The fourth-order valence-electron chi connectivity index (χ4n) is 2.95. The Morgan fingerprint density at radius 2 is 2.04 bits per heavy atom. The zero-order chi connectivity index (χ0) is 17.9. The molecule has 1 N–H and O–H groups in total. The molecule has 7 heteroatoms. The van der Waals surface area contributed by atoms with Crippen LogP contribution in [0.5, 0.6) is 0 Å². The van der Waals surface area contributed by atoms with Crippen LogP contribution < -0.4 is 10.2 Å². The summed E-state index contributed by atoms with van der Waals surface area (Å²) in [6, 6.07) is 2.15. The number of benzene rings is 1. The first-order valence-corrected chi connectivity index (χ1v) is 7.86. The second-order valence-corrected chi connectivity index (χ2v) is 5.91. The minimum Gasteiger partial charge on any atom is -0.359 e. The summed E-state index contributed by atoms with van der Waals surface area (Å²) in [5.41, 5.74) is -0.228. The van der Waals surface area contributed by atoms with Crippen LogP contribution in [0.3, 0.4) is 0 Å². The molecular weight excluding hydrogens is 318 g/mol. The molecule has 2 rings (SSSR count). The normalized spacial score (nSPS) is 18.6. The highest BCUT2D eigenvalue weighted by Crippen LogP contribution is 2.32. The molecule has 2 amide bonds. The van der Waals surface area contributed by atoms with Crippen molar-refractivity contribution in [1.82, 2.24) is 5.32 Å². The van der Waals surface area contributed by atoms with E-state index in [4.69, 9.17) is 0 Å². The number of hydrogen-bond donors (Lipinski definition) is 1. The van der Waals surface area contributed by atoms with Crippen molar-refractivity contribution in [2.24, 2.45) is 5.92 Å². The molecule has 0 aliphatic carbocycles. The zero-order valence-corrected chi connectivity index (χ0v) is 13.6. The Kier molecular flexibility index (Phi) is 5.64. The lowest BCUT2D eigenvalue weighted by Gasteiger charge is -2.20. The summed E-state index contributed by atoms with van der Waals surface area (Å²) in [5.74, 6) is -3.79. The van der Waals surface area contributed by atoms with Crippen LogP contribution >= 0.6 is 0 Å². The van der Waals surface area contributed by atoms with E-state index in [0.29, 0.717) is 19.3 Å². The van der Waals surface area contributed by atoms with Gasteiger partial charge in [0.2, 0.25) is 11.8 Å². The van der Waals surface area contributed by atoms with Crippen molar-refractivity contribution in [1.29, 1.82) is 0 Å². The van der Waals surface area contributed by atoms with E-state index in [0.717, 1.165) is 12.1 Å². The van der Waals surface area contributed by atoms with Gasteiger partial charge in [-0.2, -0.15) is 0 Å². The SMILES string of the molecule is CNC(=O)C(CCC=O)c1c(F)cc(N2CCC(C)C2=O)cc1F. The third-order valence-corrected chi connectivity index (χ3v) is 4.33. The molecule has 1 aliphatic heterocycles. The molecule has 1 aromatic carbocycles.